The number of amides is 1. The highest BCUT2D eigenvalue weighted by Gasteiger charge is 2.60. The lowest BCUT2D eigenvalue weighted by molar-refractivity contribution is -0.132. The summed E-state index contributed by atoms with van der Waals surface area (Å²) in [5.74, 6) is 0.339. The van der Waals surface area contributed by atoms with Gasteiger partial charge in [0.15, 0.2) is 14.6 Å². The molecular weight excluding hydrogens is 432 g/mol. The summed E-state index contributed by atoms with van der Waals surface area (Å²) in [7, 11) is -2.64. The molecule has 4 rings (SSSR count). The summed E-state index contributed by atoms with van der Waals surface area (Å²) in [6.07, 6.45) is 2.54. The largest absolute Gasteiger partial charge is 0.497 e. The average molecular weight is 461 g/mol. The van der Waals surface area contributed by atoms with Crippen LogP contribution in [0.4, 0.5) is 0 Å². The molecule has 0 radical (unpaired) electrons. The number of carbonyl (C=O) groups is 1. The third-order valence-corrected chi connectivity index (χ3v) is 9.32. The van der Waals surface area contributed by atoms with Crippen molar-refractivity contribution >= 4 is 15.7 Å². The van der Waals surface area contributed by atoms with Crippen molar-refractivity contribution in [2.45, 2.75) is 41.7 Å². The minimum Gasteiger partial charge on any atom is -0.497 e. The van der Waals surface area contributed by atoms with Gasteiger partial charge >= 0.3 is 0 Å². The highest BCUT2D eigenvalue weighted by molar-refractivity contribution is 7.93. The molecule has 1 atom stereocenters. The maximum atomic E-state index is 14.0. The second kappa shape index (κ2) is 8.73. The van der Waals surface area contributed by atoms with Gasteiger partial charge in [-0.25, -0.2) is 13.9 Å². The Hall–Kier alpha value is -2.62. The van der Waals surface area contributed by atoms with Gasteiger partial charge in [-0.15, -0.1) is 0 Å². The van der Waals surface area contributed by atoms with Crippen molar-refractivity contribution in [2.75, 3.05) is 20.2 Å². The van der Waals surface area contributed by atoms with E-state index in [0.29, 0.717) is 17.9 Å². The van der Waals surface area contributed by atoms with Gasteiger partial charge in [0, 0.05) is 0 Å². The molecular formula is C23H28N2O6S. The maximum Gasteiger partial charge on any atom is 0.265 e. The number of sulfone groups is 1. The molecule has 8 nitrogen and oxygen atoms in total. The van der Waals surface area contributed by atoms with E-state index in [1.165, 1.54) is 6.07 Å². The first kappa shape index (κ1) is 22.6. The summed E-state index contributed by atoms with van der Waals surface area (Å²) in [5, 5.41) is 12.8. The van der Waals surface area contributed by atoms with E-state index >= 15 is 0 Å². The van der Waals surface area contributed by atoms with Gasteiger partial charge in [-0.1, -0.05) is 12.1 Å². The highest BCUT2D eigenvalue weighted by Crippen LogP contribution is 2.55. The quantitative estimate of drug-likeness (QED) is 0.448. The molecule has 2 aromatic rings. The molecule has 0 bridgehead atoms. The zero-order valence-corrected chi connectivity index (χ0v) is 18.8. The summed E-state index contributed by atoms with van der Waals surface area (Å²) >= 11 is 0. The van der Waals surface area contributed by atoms with E-state index in [2.05, 4.69) is 5.32 Å². The van der Waals surface area contributed by atoms with Crippen LogP contribution < -0.4 is 20.3 Å². The van der Waals surface area contributed by atoms with E-state index in [0.717, 1.165) is 25.9 Å². The van der Waals surface area contributed by atoms with Crippen molar-refractivity contribution in [1.82, 2.24) is 10.8 Å². The molecule has 1 spiro atoms. The highest BCUT2D eigenvalue weighted by atomic mass is 32.2. The SMILES string of the molecule is COc1ccc(Oc2ccccc2S(=O)(=O)C2(C(=O)NO)CCC3(CCNCC3)C2)cc1. The topological polar surface area (TPSA) is 114 Å². The zero-order valence-electron chi connectivity index (χ0n) is 18.0. The Morgan fingerprint density at radius 3 is 2.31 bits per heavy atom. The number of ether oxygens (including phenoxy) is 2. The molecule has 2 aliphatic rings. The van der Waals surface area contributed by atoms with E-state index in [4.69, 9.17) is 9.47 Å². The Balaban J connectivity index is 1.73. The van der Waals surface area contributed by atoms with Crippen LogP contribution in [-0.2, 0) is 14.6 Å². The molecule has 1 heterocycles. The monoisotopic (exact) mass is 460 g/mol. The molecule has 3 N–H and O–H groups in total. The summed E-state index contributed by atoms with van der Waals surface area (Å²) in [5.41, 5.74) is 1.40. The van der Waals surface area contributed by atoms with Crippen molar-refractivity contribution in [2.24, 2.45) is 5.41 Å². The predicted octanol–water partition coefficient (Wildman–Crippen LogP) is 3.06. The zero-order chi connectivity index (χ0) is 22.8. The van der Waals surface area contributed by atoms with Gasteiger partial charge in [0.05, 0.1) is 7.11 Å². The number of carbonyl (C=O) groups excluding carboxylic acids is 1. The molecule has 1 aliphatic heterocycles. The van der Waals surface area contributed by atoms with Gasteiger partial charge < -0.3 is 14.8 Å². The average Bonchev–Trinajstić information content (AvgIpc) is 3.20. The van der Waals surface area contributed by atoms with Gasteiger partial charge in [0.2, 0.25) is 0 Å². The number of para-hydroxylation sites is 1. The normalized spacial score (nSPS) is 22.4. The molecule has 9 heteroatoms. The predicted molar refractivity (Wildman–Crippen MR) is 118 cm³/mol. The van der Waals surface area contributed by atoms with Crippen LogP contribution in [0.2, 0.25) is 0 Å². The fraction of sp³-hybridized carbons (Fsp3) is 0.435. The van der Waals surface area contributed by atoms with Crippen LogP contribution in [0.5, 0.6) is 17.2 Å². The van der Waals surface area contributed by atoms with Crippen molar-refractivity contribution in [3.63, 3.8) is 0 Å². The maximum absolute atomic E-state index is 14.0. The molecule has 1 saturated heterocycles. The Morgan fingerprint density at radius 1 is 1.00 bits per heavy atom. The molecule has 1 unspecified atom stereocenters. The minimum absolute atomic E-state index is 0.0644. The van der Waals surface area contributed by atoms with Gasteiger partial charge in [-0.05, 0) is 87.0 Å². The van der Waals surface area contributed by atoms with Crippen LogP contribution in [0, 0.1) is 5.41 Å². The minimum atomic E-state index is -4.19. The number of methoxy groups -OCH3 is 1. The molecule has 1 saturated carbocycles. The number of hydroxylamine groups is 1. The van der Waals surface area contributed by atoms with Crippen molar-refractivity contribution in [3.8, 4) is 17.2 Å². The van der Waals surface area contributed by atoms with E-state index in [9.17, 15) is 18.4 Å². The molecule has 32 heavy (non-hydrogen) atoms. The first-order valence-electron chi connectivity index (χ1n) is 10.7. The van der Waals surface area contributed by atoms with Crippen molar-refractivity contribution in [1.29, 1.82) is 0 Å². The molecule has 2 aromatic carbocycles. The van der Waals surface area contributed by atoms with Crippen molar-refractivity contribution < 1.29 is 27.9 Å². The lowest BCUT2D eigenvalue weighted by Gasteiger charge is -2.36. The van der Waals surface area contributed by atoms with Gasteiger partial charge in [-0.3, -0.25) is 10.0 Å². The van der Waals surface area contributed by atoms with Crippen LogP contribution in [0.25, 0.3) is 0 Å². The number of rotatable bonds is 6. The Morgan fingerprint density at radius 2 is 1.66 bits per heavy atom. The molecule has 1 aliphatic carbocycles. The Labute approximate surface area is 187 Å². The Kier molecular flexibility index (Phi) is 6.15. The fourth-order valence-corrected chi connectivity index (χ4v) is 7.23. The van der Waals surface area contributed by atoms with Crippen molar-refractivity contribution in [3.05, 3.63) is 48.5 Å². The smallest absolute Gasteiger partial charge is 0.265 e. The standard InChI is InChI=1S/C23H28N2O6S/c1-30-17-6-8-18(9-7-17)31-19-4-2-3-5-20(19)32(28,29)23(21(26)25-27)11-10-22(16-23)12-14-24-15-13-22/h2-9,24,27H,10-16H2,1H3,(H,25,26). The molecule has 1 amide bonds. The third-order valence-electron chi connectivity index (χ3n) is 6.84. The number of piperidine rings is 1. The fourth-order valence-electron chi connectivity index (χ4n) is 5.02. The van der Waals surface area contributed by atoms with Gasteiger partial charge in [0.1, 0.15) is 22.1 Å². The summed E-state index contributed by atoms with van der Waals surface area (Å²) in [4.78, 5) is 12.8. The molecule has 2 fully saturated rings. The summed E-state index contributed by atoms with van der Waals surface area (Å²) in [6, 6.07) is 13.1. The van der Waals surface area contributed by atoms with Crippen LogP contribution in [0.1, 0.15) is 32.1 Å². The summed E-state index contributed by atoms with van der Waals surface area (Å²) in [6.45, 7) is 1.57. The summed E-state index contributed by atoms with van der Waals surface area (Å²) < 4.78 is 37.3. The number of hydrogen-bond acceptors (Lipinski definition) is 7. The van der Waals surface area contributed by atoms with Crippen LogP contribution in [0.15, 0.2) is 53.4 Å². The van der Waals surface area contributed by atoms with Crippen LogP contribution in [-0.4, -0.2) is 44.5 Å². The van der Waals surface area contributed by atoms with Gasteiger partial charge in [-0.2, -0.15) is 0 Å². The van der Waals surface area contributed by atoms with Gasteiger partial charge in [0.25, 0.3) is 5.91 Å². The number of hydrogen-bond donors (Lipinski definition) is 3. The number of nitrogens with one attached hydrogen (secondary N) is 2. The van der Waals surface area contributed by atoms with E-state index in [-0.39, 0.29) is 28.9 Å². The molecule has 0 aromatic heterocycles. The van der Waals surface area contributed by atoms with Crippen LogP contribution in [0.3, 0.4) is 0 Å². The lowest BCUT2D eigenvalue weighted by Crippen LogP contribution is -2.51. The second-order valence-corrected chi connectivity index (χ2v) is 10.8. The Bertz CT molecular complexity index is 1080. The van der Waals surface area contributed by atoms with E-state index in [1.807, 2.05) is 0 Å². The van der Waals surface area contributed by atoms with E-state index in [1.54, 1.807) is 55.1 Å². The van der Waals surface area contributed by atoms with E-state index < -0.39 is 20.5 Å². The first-order valence-corrected chi connectivity index (χ1v) is 12.2. The second-order valence-electron chi connectivity index (χ2n) is 8.59. The number of benzene rings is 2. The lowest BCUT2D eigenvalue weighted by atomic mass is 9.77. The molecule has 172 valence electrons. The van der Waals surface area contributed by atoms with Crippen LogP contribution >= 0.6 is 0 Å². The first-order chi connectivity index (χ1) is 15.4. The third kappa shape index (κ3) is 3.85.